The third-order valence-corrected chi connectivity index (χ3v) is 3.83. The first-order valence-corrected chi connectivity index (χ1v) is 7.00. The molecule has 0 heterocycles. The highest BCUT2D eigenvalue weighted by Crippen LogP contribution is 2.27. The Bertz CT molecular complexity index is 115. The molecule has 1 rings (SSSR count). The van der Waals surface area contributed by atoms with Gasteiger partial charge in [-0.05, 0) is 25.3 Å². The Kier molecular flexibility index (Phi) is 6.50. The van der Waals surface area contributed by atoms with Crippen molar-refractivity contribution in [1.82, 2.24) is 4.98 Å². The molecule has 0 aromatic carbocycles. The van der Waals surface area contributed by atoms with Crippen molar-refractivity contribution < 1.29 is 4.43 Å². The lowest BCUT2D eigenvalue weighted by Gasteiger charge is -2.09. The second kappa shape index (κ2) is 7.53. The minimum atomic E-state index is -0.388. The quantitative estimate of drug-likeness (QED) is 0.499. The van der Waals surface area contributed by atoms with Crippen LogP contribution in [0.15, 0.2) is 0 Å². The molecule has 1 saturated carbocycles. The van der Waals surface area contributed by atoms with E-state index >= 15 is 0 Å². The zero-order valence-electron chi connectivity index (χ0n) is 8.85. The highest BCUT2D eigenvalue weighted by atomic mass is 28.2. The third-order valence-electron chi connectivity index (χ3n) is 2.78. The summed E-state index contributed by atoms with van der Waals surface area (Å²) in [5.74, 6) is 0.986. The first-order chi connectivity index (χ1) is 6.43. The molecule has 0 amide bonds. The SMILES string of the molecule is CCCN[SiH2]OCCC1CCCC1. The van der Waals surface area contributed by atoms with Crippen LogP contribution in [-0.2, 0) is 4.43 Å². The van der Waals surface area contributed by atoms with Gasteiger partial charge in [-0.3, -0.25) is 0 Å². The van der Waals surface area contributed by atoms with Crippen LogP contribution < -0.4 is 4.98 Å². The molecular weight excluding hydrogens is 178 g/mol. The Morgan fingerprint density at radius 3 is 2.85 bits per heavy atom. The summed E-state index contributed by atoms with van der Waals surface area (Å²) in [5.41, 5.74) is 0. The molecule has 1 aliphatic rings. The normalized spacial score (nSPS) is 19.2. The molecule has 1 aliphatic carbocycles. The Balaban J connectivity index is 1.78. The van der Waals surface area contributed by atoms with E-state index in [9.17, 15) is 0 Å². The average molecular weight is 201 g/mol. The standard InChI is InChI=1S/C10H23NOSi/c1-2-8-11-13-12-9-7-10-5-3-4-6-10/h10-11H,2-9,13H2,1H3. The van der Waals surface area contributed by atoms with Crippen molar-refractivity contribution in [3.63, 3.8) is 0 Å². The molecule has 2 nitrogen and oxygen atoms in total. The van der Waals surface area contributed by atoms with E-state index in [1.165, 1.54) is 38.5 Å². The van der Waals surface area contributed by atoms with Crippen molar-refractivity contribution in [2.45, 2.75) is 45.4 Å². The number of rotatable bonds is 7. The van der Waals surface area contributed by atoms with Gasteiger partial charge in [0.2, 0.25) is 9.92 Å². The lowest BCUT2D eigenvalue weighted by Crippen LogP contribution is -2.23. The van der Waals surface area contributed by atoms with Gasteiger partial charge in [-0.25, -0.2) is 0 Å². The summed E-state index contributed by atoms with van der Waals surface area (Å²) in [6, 6.07) is 0. The summed E-state index contributed by atoms with van der Waals surface area (Å²) >= 11 is 0. The minimum absolute atomic E-state index is 0.388. The van der Waals surface area contributed by atoms with Crippen LogP contribution in [0.25, 0.3) is 0 Å². The molecule has 0 atom stereocenters. The van der Waals surface area contributed by atoms with Crippen molar-refractivity contribution in [1.29, 1.82) is 0 Å². The summed E-state index contributed by atoms with van der Waals surface area (Å²) in [6.45, 7) is 4.34. The maximum atomic E-state index is 5.63. The second-order valence-electron chi connectivity index (χ2n) is 3.99. The first kappa shape index (κ1) is 11.2. The molecule has 0 aromatic rings. The molecule has 3 heteroatoms. The molecule has 1 fully saturated rings. The fourth-order valence-corrected chi connectivity index (χ4v) is 2.90. The number of nitrogens with one attached hydrogen (secondary N) is 1. The van der Waals surface area contributed by atoms with Crippen LogP contribution in [0.5, 0.6) is 0 Å². The third kappa shape index (κ3) is 5.44. The molecule has 0 bridgehead atoms. The van der Waals surface area contributed by atoms with E-state index in [2.05, 4.69) is 11.9 Å². The molecule has 13 heavy (non-hydrogen) atoms. The van der Waals surface area contributed by atoms with Gasteiger partial charge in [0, 0.05) is 6.61 Å². The van der Waals surface area contributed by atoms with E-state index in [1.54, 1.807) is 0 Å². The Hall–Kier alpha value is 0.137. The monoisotopic (exact) mass is 201 g/mol. The van der Waals surface area contributed by atoms with Gasteiger partial charge in [0.25, 0.3) is 0 Å². The van der Waals surface area contributed by atoms with Crippen LogP contribution in [-0.4, -0.2) is 23.1 Å². The van der Waals surface area contributed by atoms with Crippen LogP contribution >= 0.6 is 0 Å². The van der Waals surface area contributed by atoms with Gasteiger partial charge in [0.05, 0.1) is 0 Å². The van der Waals surface area contributed by atoms with Gasteiger partial charge in [-0.1, -0.05) is 32.6 Å². The van der Waals surface area contributed by atoms with Gasteiger partial charge in [-0.15, -0.1) is 0 Å². The van der Waals surface area contributed by atoms with Crippen molar-refractivity contribution in [2.75, 3.05) is 13.2 Å². The second-order valence-corrected chi connectivity index (χ2v) is 5.19. The largest absolute Gasteiger partial charge is 0.409 e. The van der Waals surface area contributed by atoms with Gasteiger partial charge < -0.3 is 9.41 Å². The fraction of sp³-hybridized carbons (Fsp3) is 1.00. The van der Waals surface area contributed by atoms with Crippen molar-refractivity contribution >= 4 is 9.92 Å². The van der Waals surface area contributed by atoms with E-state index in [0.717, 1.165) is 19.1 Å². The van der Waals surface area contributed by atoms with Crippen molar-refractivity contribution in [3.05, 3.63) is 0 Å². The summed E-state index contributed by atoms with van der Waals surface area (Å²) in [4.78, 5) is 3.38. The molecule has 0 unspecified atom stereocenters. The summed E-state index contributed by atoms with van der Waals surface area (Å²) < 4.78 is 5.63. The summed E-state index contributed by atoms with van der Waals surface area (Å²) in [7, 11) is -0.388. The molecule has 1 N–H and O–H groups in total. The average Bonchev–Trinajstić information content (AvgIpc) is 2.63. The van der Waals surface area contributed by atoms with Gasteiger partial charge in [0.15, 0.2) is 0 Å². The van der Waals surface area contributed by atoms with Crippen LogP contribution in [0, 0.1) is 5.92 Å². The zero-order valence-corrected chi connectivity index (χ0v) is 10.3. The van der Waals surface area contributed by atoms with E-state index in [0.29, 0.717) is 0 Å². The molecule has 0 aromatic heterocycles. The molecule has 0 aliphatic heterocycles. The van der Waals surface area contributed by atoms with E-state index in [-0.39, 0.29) is 9.92 Å². The predicted molar refractivity (Wildman–Crippen MR) is 59.4 cm³/mol. The van der Waals surface area contributed by atoms with E-state index < -0.39 is 0 Å². The van der Waals surface area contributed by atoms with Crippen molar-refractivity contribution in [2.24, 2.45) is 5.92 Å². The summed E-state index contributed by atoms with van der Waals surface area (Å²) in [6.07, 6.45) is 8.34. The van der Waals surface area contributed by atoms with Gasteiger partial charge in [0.1, 0.15) is 0 Å². The molecule has 0 spiro atoms. The lowest BCUT2D eigenvalue weighted by atomic mass is 10.1. The summed E-state index contributed by atoms with van der Waals surface area (Å²) in [5, 5.41) is 0. The smallest absolute Gasteiger partial charge is 0.235 e. The Labute approximate surface area is 84.5 Å². The van der Waals surface area contributed by atoms with Gasteiger partial charge >= 0.3 is 0 Å². The molecular formula is C10H23NOSi. The van der Waals surface area contributed by atoms with Crippen LogP contribution in [0.4, 0.5) is 0 Å². The molecule has 78 valence electrons. The highest BCUT2D eigenvalue weighted by Gasteiger charge is 2.13. The lowest BCUT2D eigenvalue weighted by molar-refractivity contribution is 0.287. The predicted octanol–water partition coefficient (Wildman–Crippen LogP) is 1.58. The minimum Gasteiger partial charge on any atom is -0.409 e. The first-order valence-electron chi connectivity index (χ1n) is 5.72. The molecule has 0 saturated heterocycles. The van der Waals surface area contributed by atoms with E-state index in [1.807, 2.05) is 0 Å². The zero-order chi connectivity index (χ0) is 9.36. The Morgan fingerprint density at radius 2 is 2.15 bits per heavy atom. The maximum absolute atomic E-state index is 5.63. The Morgan fingerprint density at radius 1 is 1.38 bits per heavy atom. The highest BCUT2D eigenvalue weighted by molar-refractivity contribution is 6.23. The topological polar surface area (TPSA) is 21.3 Å². The van der Waals surface area contributed by atoms with E-state index in [4.69, 9.17) is 4.43 Å². The van der Waals surface area contributed by atoms with Crippen LogP contribution in [0.3, 0.4) is 0 Å². The maximum Gasteiger partial charge on any atom is 0.235 e. The number of hydrogen-bond donors (Lipinski definition) is 1. The van der Waals surface area contributed by atoms with Crippen molar-refractivity contribution in [3.8, 4) is 0 Å². The van der Waals surface area contributed by atoms with Crippen LogP contribution in [0.1, 0.15) is 45.4 Å². The van der Waals surface area contributed by atoms with Gasteiger partial charge in [-0.2, -0.15) is 0 Å². The van der Waals surface area contributed by atoms with Crippen LogP contribution in [0.2, 0.25) is 0 Å². The fourth-order valence-electron chi connectivity index (χ4n) is 1.94. The molecule has 0 radical (unpaired) electrons. The number of hydrogen-bond acceptors (Lipinski definition) is 2.